The van der Waals surface area contributed by atoms with Crippen molar-refractivity contribution in [2.75, 3.05) is 6.26 Å². The van der Waals surface area contributed by atoms with Gasteiger partial charge in [0.15, 0.2) is 9.84 Å². The first-order chi connectivity index (χ1) is 12.3. The van der Waals surface area contributed by atoms with E-state index >= 15 is 0 Å². The molecule has 0 radical (unpaired) electrons. The molecule has 7 heteroatoms. The van der Waals surface area contributed by atoms with E-state index in [1.807, 2.05) is 6.07 Å². The van der Waals surface area contributed by atoms with Gasteiger partial charge in [-0.15, -0.1) is 0 Å². The Balaban J connectivity index is 2.05. The minimum Gasteiger partial charge on any atom is -0.478 e. The summed E-state index contributed by atoms with van der Waals surface area (Å²) in [4.78, 5) is 15.6. The molecule has 0 unspecified atom stereocenters. The SMILES string of the molecule is CCCc1cc2cc(S(C)(=O)=O)cnc2n1Cc1ccc(C(=O)O)cc1. The summed E-state index contributed by atoms with van der Waals surface area (Å²) >= 11 is 0. The molecule has 3 aromatic rings. The van der Waals surface area contributed by atoms with E-state index < -0.39 is 15.8 Å². The van der Waals surface area contributed by atoms with Gasteiger partial charge in [0.05, 0.1) is 10.5 Å². The molecule has 0 atom stereocenters. The van der Waals surface area contributed by atoms with Crippen LogP contribution in [0, 0.1) is 0 Å². The number of aromatic nitrogens is 2. The Hall–Kier alpha value is -2.67. The molecular weight excluding hydrogens is 352 g/mol. The molecule has 0 aliphatic carbocycles. The number of hydrogen-bond acceptors (Lipinski definition) is 4. The van der Waals surface area contributed by atoms with Gasteiger partial charge in [0, 0.05) is 30.1 Å². The van der Waals surface area contributed by atoms with Gasteiger partial charge in [0.1, 0.15) is 5.65 Å². The number of carboxylic acid groups (broad SMARTS) is 1. The standard InChI is InChI=1S/C19H20N2O4S/c1-3-4-16-9-15-10-17(26(2,24)25)11-20-18(15)21(16)12-13-5-7-14(8-6-13)19(22)23/h5-11H,3-4,12H2,1-2H3,(H,22,23). The van der Waals surface area contributed by atoms with E-state index in [0.29, 0.717) is 6.54 Å². The number of rotatable bonds is 6. The van der Waals surface area contributed by atoms with Crippen molar-refractivity contribution in [3.05, 3.63) is 59.4 Å². The molecule has 0 aliphatic heterocycles. The highest BCUT2D eigenvalue weighted by Gasteiger charge is 2.14. The first-order valence-corrected chi connectivity index (χ1v) is 10.2. The van der Waals surface area contributed by atoms with Crippen molar-refractivity contribution in [2.45, 2.75) is 31.2 Å². The molecule has 3 rings (SSSR count). The first kappa shape index (κ1) is 18.1. The van der Waals surface area contributed by atoms with Crippen LogP contribution in [0.1, 0.15) is 35.0 Å². The number of nitrogens with zero attached hydrogens (tertiary/aromatic N) is 2. The molecule has 0 saturated heterocycles. The molecule has 6 nitrogen and oxygen atoms in total. The monoisotopic (exact) mass is 372 g/mol. The van der Waals surface area contributed by atoms with Crippen LogP contribution in [0.4, 0.5) is 0 Å². The van der Waals surface area contributed by atoms with Gasteiger partial charge >= 0.3 is 5.97 Å². The zero-order valence-corrected chi connectivity index (χ0v) is 15.5. The molecule has 0 bridgehead atoms. The first-order valence-electron chi connectivity index (χ1n) is 8.30. The number of sulfone groups is 1. The van der Waals surface area contributed by atoms with Crippen LogP contribution in [-0.2, 0) is 22.8 Å². The fourth-order valence-electron chi connectivity index (χ4n) is 2.96. The summed E-state index contributed by atoms with van der Waals surface area (Å²) in [6, 6.07) is 10.4. The van der Waals surface area contributed by atoms with Crippen LogP contribution in [0.25, 0.3) is 11.0 Å². The van der Waals surface area contributed by atoms with Gasteiger partial charge in [-0.25, -0.2) is 18.2 Å². The Morgan fingerprint density at radius 3 is 2.46 bits per heavy atom. The molecule has 0 spiro atoms. The van der Waals surface area contributed by atoms with Gasteiger partial charge in [-0.2, -0.15) is 0 Å². The van der Waals surface area contributed by atoms with Gasteiger partial charge in [0.25, 0.3) is 0 Å². The molecule has 2 aromatic heterocycles. The number of fused-ring (bicyclic) bond motifs is 1. The fourth-order valence-corrected chi connectivity index (χ4v) is 3.54. The lowest BCUT2D eigenvalue weighted by Crippen LogP contribution is -2.06. The van der Waals surface area contributed by atoms with Gasteiger partial charge in [-0.05, 0) is 36.2 Å². The lowest BCUT2D eigenvalue weighted by molar-refractivity contribution is 0.0697. The van der Waals surface area contributed by atoms with Gasteiger partial charge in [-0.3, -0.25) is 0 Å². The maximum Gasteiger partial charge on any atom is 0.335 e. The highest BCUT2D eigenvalue weighted by atomic mass is 32.2. The summed E-state index contributed by atoms with van der Waals surface area (Å²) in [6.45, 7) is 2.63. The molecule has 136 valence electrons. The second-order valence-corrected chi connectivity index (χ2v) is 8.35. The molecule has 1 aromatic carbocycles. The predicted molar refractivity (Wildman–Crippen MR) is 99.3 cm³/mol. The lowest BCUT2D eigenvalue weighted by Gasteiger charge is -2.10. The van der Waals surface area contributed by atoms with Crippen molar-refractivity contribution in [3.8, 4) is 0 Å². The maximum absolute atomic E-state index is 11.8. The Morgan fingerprint density at radius 2 is 1.88 bits per heavy atom. The summed E-state index contributed by atoms with van der Waals surface area (Å²) in [5.74, 6) is -0.954. The van der Waals surface area contributed by atoms with E-state index in [2.05, 4.69) is 16.5 Å². The molecule has 0 fully saturated rings. The zero-order chi connectivity index (χ0) is 18.9. The minimum atomic E-state index is -3.31. The molecule has 1 N–H and O–H groups in total. The van der Waals surface area contributed by atoms with E-state index in [-0.39, 0.29) is 10.5 Å². The van der Waals surface area contributed by atoms with Crippen LogP contribution < -0.4 is 0 Å². The van der Waals surface area contributed by atoms with Crippen molar-refractivity contribution < 1.29 is 18.3 Å². The number of carboxylic acids is 1. The number of aromatic carboxylic acids is 1. The largest absolute Gasteiger partial charge is 0.478 e. The highest BCUT2D eigenvalue weighted by molar-refractivity contribution is 7.90. The lowest BCUT2D eigenvalue weighted by atomic mass is 10.1. The summed E-state index contributed by atoms with van der Waals surface area (Å²) in [6.07, 6.45) is 4.35. The Morgan fingerprint density at radius 1 is 1.19 bits per heavy atom. The van der Waals surface area contributed by atoms with Gasteiger partial charge in [0.2, 0.25) is 0 Å². The third-order valence-corrected chi connectivity index (χ3v) is 5.35. The average Bonchev–Trinajstić information content (AvgIpc) is 2.92. The average molecular weight is 372 g/mol. The Bertz CT molecular complexity index is 1070. The number of carbonyl (C=O) groups is 1. The molecule has 0 amide bonds. The third-order valence-electron chi connectivity index (χ3n) is 4.27. The van der Waals surface area contributed by atoms with Crippen molar-refractivity contribution in [1.82, 2.24) is 9.55 Å². The van der Waals surface area contributed by atoms with Crippen LogP contribution in [0.3, 0.4) is 0 Å². The second-order valence-electron chi connectivity index (χ2n) is 6.33. The molecule has 26 heavy (non-hydrogen) atoms. The van der Waals surface area contributed by atoms with Crippen LogP contribution in [0.2, 0.25) is 0 Å². The highest BCUT2D eigenvalue weighted by Crippen LogP contribution is 2.23. The summed E-state index contributed by atoms with van der Waals surface area (Å²) < 4.78 is 25.6. The quantitative estimate of drug-likeness (QED) is 0.718. The summed E-state index contributed by atoms with van der Waals surface area (Å²) in [5, 5.41) is 9.81. The number of pyridine rings is 1. The zero-order valence-electron chi connectivity index (χ0n) is 14.6. The number of benzene rings is 1. The normalized spacial score (nSPS) is 11.8. The van der Waals surface area contributed by atoms with Crippen molar-refractivity contribution in [2.24, 2.45) is 0 Å². The minimum absolute atomic E-state index is 0.205. The van der Waals surface area contributed by atoms with Crippen LogP contribution >= 0.6 is 0 Å². The van der Waals surface area contributed by atoms with Crippen molar-refractivity contribution >= 4 is 26.8 Å². The van der Waals surface area contributed by atoms with Crippen molar-refractivity contribution in [1.29, 1.82) is 0 Å². The van der Waals surface area contributed by atoms with E-state index in [4.69, 9.17) is 5.11 Å². The number of hydrogen-bond donors (Lipinski definition) is 1. The summed E-state index contributed by atoms with van der Waals surface area (Å²) in [5.41, 5.74) is 3.00. The molecule has 2 heterocycles. The van der Waals surface area contributed by atoms with E-state index in [9.17, 15) is 13.2 Å². The second kappa shape index (κ2) is 6.92. The third kappa shape index (κ3) is 3.62. The molecule has 0 aliphatic rings. The van der Waals surface area contributed by atoms with E-state index in [1.165, 1.54) is 12.5 Å². The fraction of sp³-hybridized carbons (Fsp3) is 0.263. The van der Waals surface area contributed by atoms with Crippen LogP contribution in [-0.4, -0.2) is 35.3 Å². The Kier molecular flexibility index (Phi) is 4.82. The smallest absolute Gasteiger partial charge is 0.335 e. The van der Waals surface area contributed by atoms with Gasteiger partial charge < -0.3 is 9.67 Å². The van der Waals surface area contributed by atoms with Crippen LogP contribution in [0.15, 0.2) is 47.5 Å². The molecule has 0 saturated carbocycles. The van der Waals surface area contributed by atoms with Crippen molar-refractivity contribution in [3.63, 3.8) is 0 Å². The maximum atomic E-state index is 11.8. The topological polar surface area (TPSA) is 89.3 Å². The van der Waals surface area contributed by atoms with E-state index in [0.717, 1.165) is 35.1 Å². The predicted octanol–water partition coefficient (Wildman–Crippen LogP) is 3.14. The number of aryl methyl sites for hydroxylation is 1. The Labute approximate surface area is 152 Å². The van der Waals surface area contributed by atoms with Gasteiger partial charge in [-0.1, -0.05) is 25.5 Å². The van der Waals surface area contributed by atoms with E-state index in [1.54, 1.807) is 30.3 Å². The molecular formula is C19H20N2O4S. The van der Waals surface area contributed by atoms with Crippen LogP contribution in [0.5, 0.6) is 0 Å². The summed E-state index contributed by atoms with van der Waals surface area (Å²) in [7, 11) is -3.31.